The topological polar surface area (TPSA) is 34.6 Å². The highest BCUT2D eigenvalue weighted by atomic mass is 35.5. The van der Waals surface area contributed by atoms with Gasteiger partial charge in [-0.3, -0.25) is 4.40 Å². The second-order valence-electron chi connectivity index (χ2n) is 6.80. The largest absolute Gasteiger partial charge is 0.282 e. The molecular weight excluding hydrogens is 415 g/mol. The van der Waals surface area contributed by atoms with E-state index in [1.165, 1.54) is 0 Å². The van der Waals surface area contributed by atoms with Crippen LogP contribution >= 0.6 is 23.2 Å². The Hall–Kier alpha value is -3.34. The van der Waals surface area contributed by atoms with Crippen LogP contribution in [0.1, 0.15) is 5.56 Å². The molecular formula is C24H16Cl2N4. The summed E-state index contributed by atoms with van der Waals surface area (Å²) in [5, 5.41) is 5.77. The molecule has 4 nitrogen and oxygen atoms in total. The molecule has 0 atom stereocenters. The zero-order valence-electron chi connectivity index (χ0n) is 15.8. The maximum atomic E-state index is 6.29. The molecule has 0 radical (unpaired) electrons. The minimum absolute atomic E-state index is 0.547. The maximum absolute atomic E-state index is 6.29. The van der Waals surface area contributed by atoms with E-state index in [-0.39, 0.29) is 0 Å². The van der Waals surface area contributed by atoms with Crippen LogP contribution in [0.25, 0.3) is 28.3 Å². The Kier molecular flexibility index (Phi) is 4.87. The third kappa shape index (κ3) is 3.52. The SMILES string of the molecule is Clc1ccc(/C=N\n2cc(-c3ccccc3)n3cc(-c4ccccc4)nc23)c(Cl)c1. The van der Waals surface area contributed by atoms with Gasteiger partial charge in [-0.15, -0.1) is 0 Å². The zero-order chi connectivity index (χ0) is 20.5. The molecule has 0 unspecified atom stereocenters. The van der Waals surface area contributed by atoms with Crippen LogP contribution in [-0.2, 0) is 0 Å². The molecule has 0 amide bonds. The summed E-state index contributed by atoms with van der Waals surface area (Å²) in [5.74, 6) is 0.717. The molecule has 0 aliphatic carbocycles. The zero-order valence-corrected chi connectivity index (χ0v) is 17.3. The lowest BCUT2D eigenvalue weighted by molar-refractivity contribution is 0.906. The highest BCUT2D eigenvalue weighted by molar-refractivity contribution is 6.36. The van der Waals surface area contributed by atoms with Crippen LogP contribution in [0.4, 0.5) is 0 Å². The summed E-state index contributed by atoms with van der Waals surface area (Å²) >= 11 is 12.3. The van der Waals surface area contributed by atoms with Gasteiger partial charge in [-0.1, -0.05) is 89.9 Å². The number of imidazole rings is 2. The van der Waals surface area contributed by atoms with Crippen LogP contribution in [0.2, 0.25) is 10.0 Å². The average molecular weight is 431 g/mol. The van der Waals surface area contributed by atoms with Crippen molar-refractivity contribution in [2.24, 2.45) is 5.10 Å². The highest BCUT2D eigenvalue weighted by Crippen LogP contribution is 2.27. The number of benzene rings is 3. The van der Waals surface area contributed by atoms with Gasteiger partial charge in [-0.2, -0.15) is 5.10 Å². The van der Waals surface area contributed by atoms with Crippen LogP contribution in [0.3, 0.4) is 0 Å². The molecule has 0 aliphatic rings. The second kappa shape index (κ2) is 7.82. The van der Waals surface area contributed by atoms with Gasteiger partial charge in [0.1, 0.15) is 0 Å². The normalized spacial score (nSPS) is 11.5. The van der Waals surface area contributed by atoms with Crippen LogP contribution < -0.4 is 0 Å². The fraction of sp³-hybridized carbons (Fsp3) is 0. The van der Waals surface area contributed by atoms with Gasteiger partial charge in [-0.05, 0) is 12.1 Å². The van der Waals surface area contributed by atoms with Gasteiger partial charge in [-0.25, -0.2) is 9.66 Å². The fourth-order valence-corrected chi connectivity index (χ4v) is 3.79. The van der Waals surface area contributed by atoms with Crippen molar-refractivity contribution >= 4 is 35.2 Å². The monoisotopic (exact) mass is 430 g/mol. The fourth-order valence-electron chi connectivity index (χ4n) is 3.33. The lowest BCUT2D eigenvalue weighted by Crippen LogP contribution is -1.91. The number of fused-ring (bicyclic) bond motifs is 1. The number of hydrogen-bond donors (Lipinski definition) is 0. The Bertz CT molecular complexity index is 1350. The predicted molar refractivity (Wildman–Crippen MR) is 124 cm³/mol. The first-order valence-electron chi connectivity index (χ1n) is 9.40. The van der Waals surface area contributed by atoms with E-state index in [1.807, 2.05) is 67.0 Å². The van der Waals surface area contributed by atoms with E-state index in [4.69, 9.17) is 28.2 Å². The summed E-state index contributed by atoms with van der Waals surface area (Å²) in [4.78, 5) is 4.84. The van der Waals surface area contributed by atoms with Gasteiger partial charge < -0.3 is 0 Å². The molecule has 0 saturated heterocycles. The van der Waals surface area contributed by atoms with Crippen molar-refractivity contribution in [3.63, 3.8) is 0 Å². The first-order valence-corrected chi connectivity index (χ1v) is 10.2. The molecule has 5 aromatic rings. The smallest absolute Gasteiger partial charge is 0.236 e. The molecule has 3 aromatic carbocycles. The molecule has 146 valence electrons. The molecule has 0 spiro atoms. The number of nitrogens with zero attached hydrogens (tertiary/aromatic N) is 4. The van der Waals surface area contributed by atoms with Crippen LogP contribution in [0.5, 0.6) is 0 Å². The minimum Gasteiger partial charge on any atom is -0.282 e. The highest BCUT2D eigenvalue weighted by Gasteiger charge is 2.14. The van der Waals surface area contributed by atoms with Crippen LogP contribution in [0.15, 0.2) is 96.4 Å². The Morgan fingerprint density at radius 2 is 1.50 bits per heavy atom. The second-order valence-corrected chi connectivity index (χ2v) is 7.64. The molecule has 0 saturated carbocycles. The van der Waals surface area contributed by atoms with E-state index in [9.17, 15) is 0 Å². The van der Waals surface area contributed by atoms with E-state index in [1.54, 1.807) is 23.0 Å². The van der Waals surface area contributed by atoms with Gasteiger partial charge in [0.25, 0.3) is 0 Å². The molecule has 2 aromatic heterocycles. The van der Waals surface area contributed by atoms with Gasteiger partial charge >= 0.3 is 0 Å². The van der Waals surface area contributed by atoms with Crippen molar-refractivity contribution in [1.29, 1.82) is 0 Å². The first-order chi connectivity index (χ1) is 14.7. The lowest BCUT2D eigenvalue weighted by atomic mass is 10.1. The van der Waals surface area contributed by atoms with Gasteiger partial charge in [0.15, 0.2) is 0 Å². The molecule has 0 aliphatic heterocycles. The van der Waals surface area contributed by atoms with Crippen molar-refractivity contribution < 1.29 is 0 Å². The van der Waals surface area contributed by atoms with E-state index in [0.29, 0.717) is 15.8 Å². The van der Waals surface area contributed by atoms with Crippen molar-refractivity contribution in [3.8, 4) is 22.5 Å². The Labute approximate surface area is 183 Å². The van der Waals surface area contributed by atoms with Gasteiger partial charge in [0.05, 0.1) is 28.8 Å². The molecule has 5 rings (SSSR count). The summed E-state index contributed by atoms with van der Waals surface area (Å²) in [7, 11) is 0. The Balaban J connectivity index is 1.65. The molecule has 6 heteroatoms. The van der Waals surface area contributed by atoms with Crippen LogP contribution in [0, 0.1) is 0 Å². The number of aromatic nitrogens is 3. The quantitative estimate of drug-likeness (QED) is 0.293. The number of hydrogen-bond acceptors (Lipinski definition) is 2. The van der Waals surface area contributed by atoms with Gasteiger partial charge in [0.2, 0.25) is 5.78 Å². The summed E-state index contributed by atoms with van der Waals surface area (Å²) < 4.78 is 3.82. The van der Waals surface area contributed by atoms with Crippen LogP contribution in [-0.4, -0.2) is 20.3 Å². The van der Waals surface area contributed by atoms with Crippen molar-refractivity contribution in [2.75, 3.05) is 0 Å². The van der Waals surface area contributed by atoms with E-state index < -0.39 is 0 Å². The minimum atomic E-state index is 0.547. The summed E-state index contributed by atoms with van der Waals surface area (Å²) in [6.45, 7) is 0. The molecule has 0 bridgehead atoms. The molecule has 30 heavy (non-hydrogen) atoms. The van der Waals surface area contributed by atoms with E-state index in [0.717, 1.165) is 28.1 Å². The molecule has 0 fully saturated rings. The Morgan fingerprint density at radius 1 is 0.800 bits per heavy atom. The summed E-state index contributed by atoms with van der Waals surface area (Å²) in [6, 6.07) is 25.6. The number of halogens is 2. The lowest BCUT2D eigenvalue weighted by Gasteiger charge is -1.99. The van der Waals surface area contributed by atoms with Crippen molar-refractivity contribution in [2.45, 2.75) is 0 Å². The Morgan fingerprint density at radius 3 is 2.20 bits per heavy atom. The average Bonchev–Trinajstić information content (AvgIpc) is 3.34. The standard InChI is InChI=1S/C24H16Cl2N4/c25-20-12-11-19(21(26)13-20)14-27-30-16-23(18-9-5-2-6-10-18)29-15-22(28-24(29)30)17-7-3-1-4-8-17/h1-16H/b27-14-. The summed E-state index contributed by atoms with van der Waals surface area (Å²) in [5.41, 5.74) is 4.80. The third-order valence-electron chi connectivity index (χ3n) is 4.82. The maximum Gasteiger partial charge on any atom is 0.236 e. The number of rotatable bonds is 4. The summed E-state index contributed by atoms with van der Waals surface area (Å²) in [6.07, 6.45) is 5.71. The molecule has 2 heterocycles. The van der Waals surface area contributed by atoms with E-state index >= 15 is 0 Å². The van der Waals surface area contributed by atoms with Crippen molar-refractivity contribution in [3.05, 3.63) is 107 Å². The first kappa shape index (κ1) is 18.7. The third-order valence-corrected chi connectivity index (χ3v) is 5.38. The predicted octanol–water partition coefficient (Wildman–Crippen LogP) is 6.66. The van der Waals surface area contributed by atoms with E-state index in [2.05, 4.69) is 21.6 Å². The van der Waals surface area contributed by atoms with Gasteiger partial charge in [0, 0.05) is 27.9 Å². The molecule has 0 N–H and O–H groups in total. The van der Waals surface area contributed by atoms with Crippen molar-refractivity contribution in [1.82, 2.24) is 14.1 Å².